The molecule has 0 saturated heterocycles. The lowest BCUT2D eigenvalue weighted by molar-refractivity contribution is -0.161. The Balaban J connectivity index is 4.30. The largest absolute Gasteiger partial charge is 0.472 e. The van der Waals surface area contributed by atoms with Crippen LogP contribution >= 0.6 is 7.82 Å². The molecule has 0 saturated carbocycles. The third kappa shape index (κ3) is 21.9. The summed E-state index contributed by atoms with van der Waals surface area (Å²) in [6, 6.07) is 0. The fraction of sp³-hybridized carbons (Fsp3) is 0.917. The summed E-state index contributed by atoms with van der Waals surface area (Å²) in [7, 11) is -4.57. The molecule has 0 fully saturated rings. The van der Waals surface area contributed by atoms with E-state index in [0.717, 1.165) is 19.3 Å². The van der Waals surface area contributed by atoms with Gasteiger partial charge in [0.2, 0.25) is 0 Å². The first-order valence-electron chi connectivity index (χ1n) is 13.0. The Morgan fingerprint density at radius 1 is 0.743 bits per heavy atom. The van der Waals surface area contributed by atoms with E-state index < -0.39 is 51.8 Å². The van der Waals surface area contributed by atoms with Gasteiger partial charge in [-0.1, -0.05) is 78.1 Å². The van der Waals surface area contributed by atoms with Gasteiger partial charge in [-0.3, -0.25) is 18.6 Å². The van der Waals surface area contributed by atoms with Gasteiger partial charge in [-0.25, -0.2) is 4.57 Å². The van der Waals surface area contributed by atoms with Crippen LogP contribution in [0.2, 0.25) is 0 Å². The van der Waals surface area contributed by atoms with Crippen molar-refractivity contribution in [2.75, 3.05) is 26.4 Å². The minimum Gasteiger partial charge on any atom is -0.462 e. The summed E-state index contributed by atoms with van der Waals surface area (Å²) in [5.41, 5.74) is 0. The van der Waals surface area contributed by atoms with Gasteiger partial charge in [-0.05, 0) is 12.8 Å². The van der Waals surface area contributed by atoms with Crippen LogP contribution in [0.15, 0.2) is 0 Å². The van der Waals surface area contributed by atoms with Crippen molar-refractivity contribution in [3.8, 4) is 0 Å². The molecule has 0 heterocycles. The normalized spacial score (nSPS) is 14.8. The summed E-state index contributed by atoms with van der Waals surface area (Å²) in [5, 5.41) is 18.0. The summed E-state index contributed by atoms with van der Waals surface area (Å²) in [6.45, 7) is 1.92. The first-order valence-corrected chi connectivity index (χ1v) is 14.5. The van der Waals surface area contributed by atoms with Gasteiger partial charge in [0.25, 0.3) is 0 Å². The van der Waals surface area contributed by atoms with Crippen molar-refractivity contribution in [1.82, 2.24) is 0 Å². The van der Waals surface area contributed by atoms with Gasteiger partial charge < -0.3 is 24.6 Å². The number of ether oxygens (including phenoxy) is 2. The first-order chi connectivity index (χ1) is 16.7. The fourth-order valence-corrected chi connectivity index (χ4v) is 3.99. The molecule has 0 aliphatic carbocycles. The highest BCUT2D eigenvalue weighted by molar-refractivity contribution is 7.47. The average Bonchev–Trinajstić information content (AvgIpc) is 2.83. The summed E-state index contributed by atoms with van der Waals surface area (Å²) >= 11 is 0. The van der Waals surface area contributed by atoms with E-state index in [1.165, 1.54) is 44.9 Å². The molecule has 0 aromatic rings. The predicted molar refractivity (Wildman–Crippen MR) is 132 cm³/mol. The third-order valence-electron chi connectivity index (χ3n) is 5.23. The molecule has 11 heteroatoms. The van der Waals surface area contributed by atoms with Crippen molar-refractivity contribution in [2.45, 2.75) is 116 Å². The van der Waals surface area contributed by atoms with Crippen LogP contribution in [0, 0.1) is 0 Å². The van der Waals surface area contributed by atoms with Crippen LogP contribution in [0.4, 0.5) is 0 Å². The lowest BCUT2D eigenvalue weighted by Crippen LogP contribution is -2.29. The number of rotatable bonds is 24. The molecule has 0 aliphatic rings. The average molecular weight is 527 g/mol. The zero-order valence-electron chi connectivity index (χ0n) is 21.5. The number of esters is 2. The van der Waals surface area contributed by atoms with Crippen LogP contribution in [0.1, 0.15) is 104 Å². The minimum atomic E-state index is -4.57. The fourth-order valence-electron chi connectivity index (χ4n) is 3.20. The summed E-state index contributed by atoms with van der Waals surface area (Å²) in [4.78, 5) is 33.6. The van der Waals surface area contributed by atoms with E-state index in [-0.39, 0.29) is 19.4 Å². The molecule has 0 rings (SSSR count). The van der Waals surface area contributed by atoms with Crippen LogP contribution in [0.3, 0.4) is 0 Å². The number of carbonyl (C=O) groups excluding carboxylic acids is 2. The number of carbonyl (C=O) groups is 2. The van der Waals surface area contributed by atoms with Gasteiger partial charge in [0.15, 0.2) is 6.10 Å². The molecular weight excluding hydrogens is 479 g/mol. The van der Waals surface area contributed by atoms with Crippen LogP contribution < -0.4 is 0 Å². The Labute approximate surface area is 210 Å². The Bertz CT molecular complexity index is 587. The zero-order valence-corrected chi connectivity index (χ0v) is 22.4. The molecule has 3 N–H and O–H groups in total. The summed E-state index contributed by atoms with van der Waals surface area (Å²) in [5.74, 6) is -0.987. The maximum absolute atomic E-state index is 12.2. The van der Waals surface area contributed by atoms with Crippen LogP contribution in [0.25, 0.3) is 0 Å². The second-order valence-electron chi connectivity index (χ2n) is 8.73. The number of unbranched alkanes of at least 4 members (excludes halogenated alkanes) is 10. The van der Waals surface area contributed by atoms with Crippen LogP contribution in [0.5, 0.6) is 0 Å². The second-order valence-corrected chi connectivity index (χ2v) is 10.2. The van der Waals surface area contributed by atoms with E-state index in [9.17, 15) is 24.2 Å². The smallest absolute Gasteiger partial charge is 0.462 e. The van der Waals surface area contributed by atoms with E-state index >= 15 is 0 Å². The molecule has 1 unspecified atom stereocenters. The minimum absolute atomic E-state index is 0.187. The molecule has 0 aliphatic heterocycles. The van der Waals surface area contributed by atoms with Crippen molar-refractivity contribution in [3.05, 3.63) is 0 Å². The second kappa shape index (κ2) is 22.2. The highest BCUT2D eigenvalue weighted by atomic mass is 31.2. The Morgan fingerprint density at radius 2 is 1.29 bits per heavy atom. The monoisotopic (exact) mass is 526 g/mol. The maximum atomic E-state index is 12.2. The van der Waals surface area contributed by atoms with Gasteiger partial charge in [0, 0.05) is 12.8 Å². The first kappa shape index (κ1) is 34.0. The van der Waals surface area contributed by atoms with E-state index in [0.29, 0.717) is 12.8 Å². The summed E-state index contributed by atoms with van der Waals surface area (Å²) in [6.07, 6.45) is 11.3. The zero-order chi connectivity index (χ0) is 26.4. The molecular formula is C24H47O10P. The van der Waals surface area contributed by atoms with Crippen molar-refractivity contribution in [2.24, 2.45) is 0 Å². The van der Waals surface area contributed by atoms with Gasteiger partial charge >= 0.3 is 19.8 Å². The van der Waals surface area contributed by atoms with Crippen molar-refractivity contribution < 1.29 is 47.8 Å². The summed E-state index contributed by atoms with van der Waals surface area (Å²) < 4.78 is 31.7. The van der Waals surface area contributed by atoms with Crippen molar-refractivity contribution in [3.63, 3.8) is 0 Å². The number of phosphoric acid groups is 1. The molecule has 0 bridgehead atoms. The Hall–Kier alpha value is -1.03. The van der Waals surface area contributed by atoms with Crippen LogP contribution in [-0.4, -0.2) is 65.7 Å². The molecule has 0 aromatic carbocycles. The highest BCUT2D eigenvalue weighted by Gasteiger charge is 2.27. The maximum Gasteiger partial charge on any atom is 0.472 e. The van der Waals surface area contributed by atoms with Gasteiger partial charge in [0.1, 0.15) is 12.7 Å². The molecule has 10 nitrogen and oxygen atoms in total. The third-order valence-corrected chi connectivity index (χ3v) is 6.18. The van der Waals surface area contributed by atoms with Gasteiger partial charge in [-0.2, -0.15) is 0 Å². The van der Waals surface area contributed by atoms with Gasteiger partial charge in [0.05, 0.1) is 19.8 Å². The molecule has 208 valence electrons. The number of aliphatic hydroxyl groups excluding tert-OH is 2. The molecule has 0 aromatic heterocycles. The lowest BCUT2D eigenvalue weighted by atomic mass is 10.1. The molecule has 0 amide bonds. The van der Waals surface area contributed by atoms with E-state index in [1.807, 2.05) is 6.92 Å². The number of hydrogen-bond donors (Lipinski definition) is 3. The highest BCUT2D eigenvalue weighted by Crippen LogP contribution is 2.43. The predicted octanol–water partition coefficient (Wildman–Crippen LogP) is 4.43. The topological polar surface area (TPSA) is 149 Å². The Kier molecular flexibility index (Phi) is 21.5. The lowest BCUT2D eigenvalue weighted by Gasteiger charge is -2.20. The molecule has 35 heavy (non-hydrogen) atoms. The van der Waals surface area contributed by atoms with Crippen molar-refractivity contribution in [1.29, 1.82) is 0 Å². The number of phosphoric ester groups is 1. The SMILES string of the molecule is CCCCCCCCCCCCCC(=O)O[C@@H](COC(=O)CCC)COP(=O)(O)OC[C@H](O)CO. The molecule has 0 spiro atoms. The molecule has 0 radical (unpaired) electrons. The Morgan fingerprint density at radius 3 is 1.83 bits per heavy atom. The number of aliphatic hydroxyl groups is 2. The quantitative estimate of drug-likeness (QED) is 0.0936. The van der Waals surface area contributed by atoms with E-state index in [4.69, 9.17) is 19.1 Å². The van der Waals surface area contributed by atoms with E-state index in [2.05, 4.69) is 11.4 Å². The van der Waals surface area contributed by atoms with E-state index in [1.54, 1.807) is 0 Å². The number of hydrogen-bond acceptors (Lipinski definition) is 9. The molecule has 3 atom stereocenters. The van der Waals surface area contributed by atoms with Crippen LogP contribution in [-0.2, 0) is 32.7 Å². The van der Waals surface area contributed by atoms with Gasteiger partial charge in [-0.15, -0.1) is 0 Å². The van der Waals surface area contributed by atoms with Crippen molar-refractivity contribution >= 4 is 19.8 Å². The standard InChI is InChI=1S/C24H47O10P/c1-3-5-6-7-8-9-10-11-12-13-14-16-24(28)34-22(19-31-23(27)15-4-2)20-33-35(29,30)32-18-21(26)17-25/h21-22,25-26H,3-20H2,1-2H3,(H,29,30)/t21-,22+/m1/s1.